The molecule has 170 valence electrons. The first-order chi connectivity index (χ1) is 14.6. The van der Waals surface area contributed by atoms with E-state index in [0.717, 1.165) is 18.9 Å². The van der Waals surface area contributed by atoms with E-state index in [-0.39, 0.29) is 41.1 Å². The Morgan fingerprint density at radius 3 is 2.65 bits per heavy atom. The minimum absolute atomic E-state index is 0.00598. The molecule has 8 nitrogen and oxygen atoms in total. The molecule has 0 saturated carbocycles. The molecule has 0 fully saturated rings. The van der Waals surface area contributed by atoms with Crippen LogP contribution in [0.1, 0.15) is 40.0 Å². The van der Waals surface area contributed by atoms with Crippen LogP contribution in [0.2, 0.25) is 5.02 Å². The predicted molar refractivity (Wildman–Crippen MR) is 122 cm³/mol. The number of unbranched alkanes of at least 4 members (excludes halogenated alkanes) is 1. The minimum Gasteiger partial charge on any atom is -0.383 e. The molecule has 0 atom stereocenters. The summed E-state index contributed by atoms with van der Waals surface area (Å²) in [4.78, 5) is 41.2. The molecular weight excluding hydrogens is 425 g/mol. The number of nitrogen functional groups attached to an aromatic ring is 1. The first-order valence-electron chi connectivity index (χ1n) is 10.3. The average molecular weight is 454 g/mol. The molecule has 0 aliphatic rings. The number of anilines is 3. The fourth-order valence-electron chi connectivity index (χ4n) is 3.15. The lowest BCUT2D eigenvalue weighted by atomic mass is 10.2. The van der Waals surface area contributed by atoms with Crippen LogP contribution in [0.15, 0.2) is 27.8 Å². The normalized spacial score (nSPS) is 11.0. The second kappa shape index (κ2) is 11.0. The van der Waals surface area contributed by atoms with Gasteiger partial charge in [0.05, 0.1) is 5.69 Å². The third-order valence-corrected chi connectivity index (χ3v) is 4.91. The van der Waals surface area contributed by atoms with Crippen LogP contribution in [0.3, 0.4) is 0 Å². The zero-order chi connectivity index (χ0) is 23.1. The number of nitrogens with two attached hydrogens (primary N) is 1. The topological polar surface area (TPSA) is 113 Å². The first kappa shape index (κ1) is 24.5. The quantitative estimate of drug-likeness (QED) is 0.511. The monoisotopic (exact) mass is 453 g/mol. The van der Waals surface area contributed by atoms with Crippen molar-refractivity contribution in [3.05, 3.63) is 49.9 Å². The van der Waals surface area contributed by atoms with Crippen LogP contribution >= 0.6 is 11.6 Å². The van der Waals surface area contributed by atoms with Crippen LogP contribution in [0, 0.1) is 11.7 Å². The highest BCUT2D eigenvalue weighted by Crippen LogP contribution is 2.21. The van der Waals surface area contributed by atoms with Gasteiger partial charge in [0.15, 0.2) is 0 Å². The number of H-pyrrole nitrogens is 1. The average Bonchev–Trinajstić information content (AvgIpc) is 2.68. The van der Waals surface area contributed by atoms with Crippen molar-refractivity contribution in [1.82, 2.24) is 9.55 Å². The van der Waals surface area contributed by atoms with Crippen molar-refractivity contribution in [2.45, 2.75) is 46.6 Å². The molecule has 2 aromatic rings. The number of hydrogen-bond donors (Lipinski definition) is 3. The van der Waals surface area contributed by atoms with E-state index in [0.29, 0.717) is 13.1 Å². The number of hydrogen-bond acceptors (Lipinski definition) is 5. The van der Waals surface area contributed by atoms with Crippen LogP contribution < -0.4 is 27.2 Å². The molecule has 10 heteroatoms. The second-order valence-electron chi connectivity index (χ2n) is 7.76. The molecular formula is C21H29ClFN5O3. The number of halogens is 2. The van der Waals surface area contributed by atoms with Crippen molar-refractivity contribution in [2.75, 3.05) is 29.0 Å². The Hall–Kier alpha value is -2.81. The van der Waals surface area contributed by atoms with Gasteiger partial charge >= 0.3 is 5.69 Å². The van der Waals surface area contributed by atoms with E-state index in [1.54, 1.807) is 4.90 Å². The zero-order valence-corrected chi connectivity index (χ0v) is 18.8. The number of rotatable bonds is 10. The maximum absolute atomic E-state index is 13.9. The predicted octanol–water partition coefficient (Wildman–Crippen LogP) is 3.20. The third kappa shape index (κ3) is 6.58. The summed E-state index contributed by atoms with van der Waals surface area (Å²) >= 11 is 5.73. The molecule has 0 saturated heterocycles. The summed E-state index contributed by atoms with van der Waals surface area (Å²) in [5.41, 5.74) is 5.24. The Balaban J connectivity index is 2.25. The Labute approximate surface area is 185 Å². The molecule has 1 aromatic heterocycles. The van der Waals surface area contributed by atoms with Gasteiger partial charge in [-0.3, -0.25) is 19.1 Å². The zero-order valence-electron chi connectivity index (χ0n) is 18.0. The van der Waals surface area contributed by atoms with Crippen molar-refractivity contribution in [1.29, 1.82) is 0 Å². The third-order valence-electron chi connectivity index (χ3n) is 4.67. The number of carbonyl (C=O) groups is 1. The minimum atomic E-state index is -0.634. The highest BCUT2D eigenvalue weighted by Gasteiger charge is 2.20. The molecule has 2 rings (SSSR count). The van der Waals surface area contributed by atoms with E-state index in [1.807, 2.05) is 20.8 Å². The van der Waals surface area contributed by atoms with Gasteiger partial charge in [-0.2, -0.15) is 0 Å². The summed E-state index contributed by atoms with van der Waals surface area (Å²) in [7, 11) is 0. The van der Waals surface area contributed by atoms with Crippen molar-refractivity contribution >= 4 is 34.7 Å². The number of carbonyl (C=O) groups excluding carboxylic acids is 1. The van der Waals surface area contributed by atoms with Gasteiger partial charge in [0.25, 0.3) is 5.56 Å². The lowest BCUT2D eigenvalue weighted by Crippen LogP contribution is -2.40. The van der Waals surface area contributed by atoms with E-state index < -0.39 is 23.0 Å². The van der Waals surface area contributed by atoms with E-state index >= 15 is 0 Å². The van der Waals surface area contributed by atoms with Gasteiger partial charge in [0.1, 0.15) is 17.3 Å². The SMILES string of the molecule is CCCCN(CCC(=O)Nc1ccc(Cl)cc1F)c1c(N)n(CC(C)C)c(=O)[nH]c1=O. The summed E-state index contributed by atoms with van der Waals surface area (Å²) < 4.78 is 15.3. The number of nitrogens with zero attached hydrogens (tertiary/aromatic N) is 2. The maximum atomic E-state index is 13.9. The van der Waals surface area contributed by atoms with Crippen molar-refractivity contribution in [2.24, 2.45) is 5.92 Å². The Morgan fingerprint density at radius 2 is 2.03 bits per heavy atom. The second-order valence-corrected chi connectivity index (χ2v) is 8.20. The molecule has 1 aromatic carbocycles. The lowest BCUT2D eigenvalue weighted by Gasteiger charge is -2.26. The maximum Gasteiger partial charge on any atom is 0.330 e. The molecule has 0 aliphatic carbocycles. The molecule has 1 heterocycles. The van der Waals surface area contributed by atoms with E-state index in [1.165, 1.54) is 16.7 Å². The summed E-state index contributed by atoms with van der Waals surface area (Å²) in [5, 5.41) is 2.73. The standard InChI is InChI=1S/C21H29ClFN5O3/c1-4-5-9-27(10-8-17(29)25-16-7-6-14(22)11-15(16)23)18-19(24)28(12-13(2)3)21(31)26-20(18)30/h6-7,11,13H,4-5,8-10,12,24H2,1-3H3,(H,25,29)(H,26,30,31). The van der Waals surface area contributed by atoms with Gasteiger partial charge in [-0.25, -0.2) is 9.18 Å². The number of nitrogens with one attached hydrogen (secondary N) is 2. The summed E-state index contributed by atoms with van der Waals surface area (Å²) in [5.74, 6) is -0.844. The number of benzene rings is 1. The van der Waals surface area contributed by atoms with Gasteiger partial charge in [0.2, 0.25) is 5.91 Å². The van der Waals surface area contributed by atoms with Gasteiger partial charge in [-0.15, -0.1) is 0 Å². The smallest absolute Gasteiger partial charge is 0.330 e. The van der Waals surface area contributed by atoms with Crippen molar-refractivity contribution < 1.29 is 9.18 Å². The summed E-state index contributed by atoms with van der Waals surface area (Å²) in [6.07, 6.45) is 1.62. The van der Waals surface area contributed by atoms with Gasteiger partial charge < -0.3 is 16.0 Å². The Morgan fingerprint density at radius 1 is 1.32 bits per heavy atom. The molecule has 0 spiro atoms. The number of aromatic amines is 1. The molecule has 0 radical (unpaired) electrons. The van der Waals surface area contributed by atoms with Crippen LogP contribution in [0.5, 0.6) is 0 Å². The van der Waals surface area contributed by atoms with Crippen LogP contribution in [0.4, 0.5) is 21.6 Å². The summed E-state index contributed by atoms with van der Waals surface area (Å²) in [6, 6.07) is 3.98. The molecule has 0 unspecified atom stereocenters. The van der Waals surface area contributed by atoms with E-state index in [2.05, 4.69) is 10.3 Å². The molecule has 0 bridgehead atoms. The number of amides is 1. The van der Waals surface area contributed by atoms with Crippen molar-refractivity contribution in [3.63, 3.8) is 0 Å². The fourth-order valence-corrected chi connectivity index (χ4v) is 3.31. The molecule has 1 amide bonds. The summed E-state index contributed by atoms with van der Waals surface area (Å²) in [6.45, 7) is 6.88. The van der Waals surface area contributed by atoms with E-state index in [4.69, 9.17) is 17.3 Å². The lowest BCUT2D eigenvalue weighted by molar-refractivity contribution is -0.116. The van der Waals surface area contributed by atoms with Crippen LogP contribution in [-0.2, 0) is 11.3 Å². The molecule has 4 N–H and O–H groups in total. The first-order valence-corrected chi connectivity index (χ1v) is 10.6. The molecule has 0 aliphatic heterocycles. The van der Waals surface area contributed by atoms with Crippen LogP contribution in [0.25, 0.3) is 0 Å². The van der Waals surface area contributed by atoms with Crippen molar-refractivity contribution in [3.8, 4) is 0 Å². The van der Waals surface area contributed by atoms with E-state index in [9.17, 15) is 18.8 Å². The highest BCUT2D eigenvalue weighted by atomic mass is 35.5. The largest absolute Gasteiger partial charge is 0.383 e. The van der Waals surface area contributed by atoms with Gasteiger partial charge in [0, 0.05) is 31.1 Å². The highest BCUT2D eigenvalue weighted by molar-refractivity contribution is 6.30. The Bertz CT molecular complexity index is 1030. The van der Waals surface area contributed by atoms with Gasteiger partial charge in [-0.05, 0) is 30.5 Å². The number of aromatic nitrogens is 2. The fraction of sp³-hybridized carbons (Fsp3) is 0.476. The van der Waals surface area contributed by atoms with Gasteiger partial charge in [-0.1, -0.05) is 38.8 Å². The molecule has 31 heavy (non-hydrogen) atoms. The van der Waals surface area contributed by atoms with Crippen LogP contribution in [-0.4, -0.2) is 28.5 Å². The Kier molecular flexibility index (Phi) is 8.67.